The summed E-state index contributed by atoms with van der Waals surface area (Å²) >= 11 is 0.795. The van der Waals surface area contributed by atoms with Crippen molar-refractivity contribution in [1.29, 1.82) is 0 Å². The first-order valence-electron chi connectivity index (χ1n) is 5.36. The lowest BCUT2D eigenvalue weighted by molar-refractivity contribution is 0.0559. The van der Waals surface area contributed by atoms with E-state index in [2.05, 4.69) is 0 Å². The van der Waals surface area contributed by atoms with Crippen molar-refractivity contribution in [1.82, 2.24) is 4.90 Å². The Hall–Kier alpha value is -1.50. The lowest BCUT2D eigenvalue weighted by Crippen LogP contribution is -2.35. The molecule has 0 saturated heterocycles. The second kappa shape index (κ2) is 6.44. The van der Waals surface area contributed by atoms with Crippen molar-refractivity contribution in [3.05, 3.63) is 21.9 Å². The molecule has 1 aromatic heterocycles. The first-order valence-corrected chi connectivity index (χ1v) is 6.18. The van der Waals surface area contributed by atoms with Crippen LogP contribution in [0.1, 0.15) is 32.7 Å². The molecule has 0 aromatic carbocycles. The molecule has 0 bridgehead atoms. The van der Waals surface area contributed by atoms with Crippen LogP contribution < -0.4 is 0 Å². The molecule has 0 spiro atoms. The highest BCUT2D eigenvalue weighted by molar-refractivity contribution is 7.15. The van der Waals surface area contributed by atoms with Crippen molar-refractivity contribution in [2.75, 3.05) is 13.1 Å². The van der Waals surface area contributed by atoms with E-state index in [1.54, 1.807) is 6.92 Å². The zero-order chi connectivity index (χ0) is 13.7. The van der Waals surface area contributed by atoms with Crippen molar-refractivity contribution in [3.63, 3.8) is 0 Å². The van der Waals surface area contributed by atoms with Gasteiger partial charge in [-0.05, 0) is 18.6 Å². The number of alkyl halides is 2. The van der Waals surface area contributed by atoms with Crippen LogP contribution in [0.2, 0.25) is 0 Å². The topological polar surface area (TPSA) is 57.6 Å². The van der Waals surface area contributed by atoms with Gasteiger partial charge in [0, 0.05) is 6.54 Å². The first-order chi connectivity index (χ1) is 8.45. The molecule has 0 radical (unpaired) electrons. The van der Waals surface area contributed by atoms with Crippen molar-refractivity contribution >= 4 is 23.2 Å². The predicted molar refractivity (Wildman–Crippen MR) is 63.5 cm³/mol. The SMILES string of the molecule is CCCN(CC(F)F)C(=O)c1ccc(C(=O)O)s1. The molecule has 0 atom stereocenters. The van der Waals surface area contributed by atoms with Gasteiger partial charge < -0.3 is 10.0 Å². The molecule has 0 saturated carbocycles. The van der Waals surface area contributed by atoms with E-state index >= 15 is 0 Å². The minimum absolute atomic E-state index is 0.0202. The molecule has 18 heavy (non-hydrogen) atoms. The fourth-order valence-electron chi connectivity index (χ4n) is 1.44. The third-order valence-electron chi connectivity index (χ3n) is 2.17. The lowest BCUT2D eigenvalue weighted by Gasteiger charge is -2.20. The third kappa shape index (κ3) is 3.76. The summed E-state index contributed by atoms with van der Waals surface area (Å²) in [5.41, 5.74) is 0. The summed E-state index contributed by atoms with van der Waals surface area (Å²) in [4.78, 5) is 23.8. The fourth-order valence-corrected chi connectivity index (χ4v) is 2.25. The maximum atomic E-state index is 12.3. The van der Waals surface area contributed by atoms with Crippen LogP contribution in [0.15, 0.2) is 12.1 Å². The molecule has 4 nitrogen and oxygen atoms in total. The van der Waals surface area contributed by atoms with Crippen LogP contribution >= 0.6 is 11.3 Å². The number of hydrogen-bond donors (Lipinski definition) is 1. The Morgan fingerprint density at radius 1 is 1.39 bits per heavy atom. The third-order valence-corrected chi connectivity index (χ3v) is 3.23. The van der Waals surface area contributed by atoms with Crippen molar-refractivity contribution in [3.8, 4) is 0 Å². The quantitative estimate of drug-likeness (QED) is 0.869. The Labute approximate surface area is 107 Å². The van der Waals surface area contributed by atoms with E-state index in [4.69, 9.17) is 5.11 Å². The standard InChI is InChI=1S/C11H13F2NO3S/c1-2-5-14(6-9(12)13)10(15)7-3-4-8(18-7)11(16)17/h3-4,9H,2,5-6H2,1H3,(H,16,17). The molecular formula is C11H13F2NO3S. The molecule has 1 aromatic rings. The van der Waals surface area contributed by atoms with Crippen LogP contribution in [0.4, 0.5) is 8.78 Å². The van der Waals surface area contributed by atoms with Gasteiger partial charge in [0.1, 0.15) is 4.88 Å². The number of rotatable bonds is 6. The Kier molecular flexibility index (Phi) is 5.21. The average Bonchev–Trinajstić information content (AvgIpc) is 2.76. The van der Waals surface area contributed by atoms with Crippen LogP contribution in [0.25, 0.3) is 0 Å². The summed E-state index contributed by atoms with van der Waals surface area (Å²) in [7, 11) is 0. The largest absolute Gasteiger partial charge is 0.477 e. The van der Waals surface area contributed by atoms with Gasteiger partial charge in [-0.2, -0.15) is 0 Å². The van der Waals surface area contributed by atoms with Gasteiger partial charge >= 0.3 is 5.97 Å². The van der Waals surface area contributed by atoms with Gasteiger partial charge in [-0.25, -0.2) is 13.6 Å². The number of amides is 1. The Bertz CT molecular complexity index is 434. The molecule has 1 N–H and O–H groups in total. The highest BCUT2D eigenvalue weighted by Crippen LogP contribution is 2.19. The van der Waals surface area contributed by atoms with E-state index in [0.717, 1.165) is 16.2 Å². The van der Waals surface area contributed by atoms with Crippen molar-refractivity contribution in [2.45, 2.75) is 19.8 Å². The van der Waals surface area contributed by atoms with Gasteiger partial charge in [0.2, 0.25) is 0 Å². The zero-order valence-corrected chi connectivity index (χ0v) is 10.5. The molecule has 7 heteroatoms. The Balaban J connectivity index is 2.83. The number of thiophene rings is 1. The maximum Gasteiger partial charge on any atom is 0.345 e. The molecular weight excluding hydrogens is 264 g/mol. The van der Waals surface area contributed by atoms with Crippen LogP contribution in [-0.4, -0.2) is 41.4 Å². The number of halogens is 2. The number of hydrogen-bond acceptors (Lipinski definition) is 3. The van der Waals surface area contributed by atoms with Crippen molar-refractivity contribution < 1.29 is 23.5 Å². The summed E-state index contributed by atoms with van der Waals surface area (Å²) in [6.07, 6.45) is -2.03. The molecule has 0 fully saturated rings. The summed E-state index contributed by atoms with van der Waals surface area (Å²) in [6.45, 7) is 1.37. The molecule has 0 aliphatic heterocycles. The van der Waals surface area contributed by atoms with Gasteiger partial charge in [-0.1, -0.05) is 6.92 Å². The maximum absolute atomic E-state index is 12.3. The number of carboxylic acid groups (broad SMARTS) is 1. The monoisotopic (exact) mass is 277 g/mol. The van der Waals surface area contributed by atoms with Crippen molar-refractivity contribution in [2.24, 2.45) is 0 Å². The van der Waals surface area contributed by atoms with Gasteiger partial charge in [0.15, 0.2) is 0 Å². The summed E-state index contributed by atoms with van der Waals surface area (Å²) < 4.78 is 24.7. The van der Waals surface area contributed by atoms with Crippen LogP contribution in [0.3, 0.4) is 0 Å². The van der Waals surface area contributed by atoms with Gasteiger partial charge in [0.05, 0.1) is 11.4 Å². The summed E-state index contributed by atoms with van der Waals surface area (Å²) in [5, 5.41) is 8.73. The fraction of sp³-hybridized carbons (Fsp3) is 0.455. The minimum atomic E-state index is -2.60. The van der Waals surface area contributed by atoms with Gasteiger partial charge in [-0.15, -0.1) is 11.3 Å². The highest BCUT2D eigenvalue weighted by Gasteiger charge is 2.21. The molecule has 1 heterocycles. The molecule has 1 rings (SSSR count). The number of nitrogens with zero attached hydrogens (tertiary/aromatic N) is 1. The molecule has 0 aliphatic rings. The van der Waals surface area contributed by atoms with E-state index in [-0.39, 0.29) is 16.3 Å². The lowest BCUT2D eigenvalue weighted by atomic mass is 10.3. The molecule has 1 amide bonds. The van der Waals surface area contributed by atoms with E-state index in [1.165, 1.54) is 12.1 Å². The van der Waals surface area contributed by atoms with E-state index in [1.807, 2.05) is 0 Å². The normalized spacial score (nSPS) is 10.7. The van der Waals surface area contributed by atoms with Gasteiger partial charge in [0.25, 0.3) is 12.3 Å². The van der Waals surface area contributed by atoms with E-state index < -0.39 is 24.8 Å². The van der Waals surface area contributed by atoms with Gasteiger partial charge in [-0.3, -0.25) is 4.79 Å². The molecule has 0 aliphatic carbocycles. The number of aromatic carboxylic acids is 1. The number of carbonyl (C=O) groups excluding carboxylic acids is 1. The second-order valence-corrected chi connectivity index (χ2v) is 4.70. The number of carboxylic acids is 1. The molecule has 0 unspecified atom stereocenters. The molecule has 100 valence electrons. The smallest absolute Gasteiger partial charge is 0.345 e. The Morgan fingerprint density at radius 3 is 2.44 bits per heavy atom. The number of carbonyl (C=O) groups is 2. The first kappa shape index (κ1) is 14.6. The minimum Gasteiger partial charge on any atom is -0.477 e. The Morgan fingerprint density at radius 2 is 2.00 bits per heavy atom. The predicted octanol–water partition coefficient (Wildman–Crippen LogP) is 2.56. The second-order valence-electron chi connectivity index (χ2n) is 3.61. The van der Waals surface area contributed by atoms with Crippen LogP contribution in [0, 0.1) is 0 Å². The summed E-state index contributed by atoms with van der Waals surface area (Å²) in [6, 6.07) is 2.65. The average molecular weight is 277 g/mol. The zero-order valence-electron chi connectivity index (χ0n) is 9.73. The highest BCUT2D eigenvalue weighted by atomic mass is 32.1. The van der Waals surface area contributed by atoms with Crippen LogP contribution in [-0.2, 0) is 0 Å². The van der Waals surface area contributed by atoms with E-state index in [9.17, 15) is 18.4 Å². The summed E-state index contributed by atoms with van der Waals surface area (Å²) in [5.74, 6) is -1.68. The van der Waals surface area contributed by atoms with Crippen LogP contribution in [0.5, 0.6) is 0 Å². The van der Waals surface area contributed by atoms with E-state index in [0.29, 0.717) is 6.42 Å².